The van der Waals surface area contributed by atoms with E-state index in [1.54, 1.807) is 6.07 Å². The van der Waals surface area contributed by atoms with Crippen LogP contribution < -0.4 is 5.32 Å². The van der Waals surface area contributed by atoms with Crippen molar-refractivity contribution in [3.8, 4) is 0 Å². The lowest BCUT2D eigenvalue weighted by Gasteiger charge is -2.22. The Bertz CT molecular complexity index is 573. The summed E-state index contributed by atoms with van der Waals surface area (Å²) in [5.41, 5.74) is 3.48. The van der Waals surface area contributed by atoms with Gasteiger partial charge in [0, 0.05) is 6.54 Å². The fourth-order valence-corrected chi connectivity index (χ4v) is 2.50. The van der Waals surface area contributed by atoms with Crippen LogP contribution in [0.4, 0.5) is 4.39 Å². The average molecular weight is 300 g/mol. The van der Waals surface area contributed by atoms with Gasteiger partial charge in [-0.15, -0.1) is 0 Å². The highest BCUT2D eigenvalue weighted by atomic mass is 19.1. The van der Waals surface area contributed by atoms with Crippen LogP contribution in [0.25, 0.3) is 0 Å². The van der Waals surface area contributed by atoms with E-state index in [0.29, 0.717) is 11.8 Å². The summed E-state index contributed by atoms with van der Waals surface area (Å²) >= 11 is 0. The molecule has 0 aliphatic heterocycles. The van der Waals surface area contributed by atoms with Gasteiger partial charge in [0.25, 0.3) is 0 Å². The van der Waals surface area contributed by atoms with Gasteiger partial charge in [-0.2, -0.15) is 0 Å². The summed E-state index contributed by atoms with van der Waals surface area (Å²) in [4.78, 5) is 4.21. The molecule has 1 N–H and O–H groups in total. The molecule has 1 aromatic carbocycles. The predicted molar refractivity (Wildman–Crippen MR) is 89.1 cm³/mol. The molecular weight excluding hydrogens is 275 g/mol. The van der Waals surface area contributed by atoms with Gasteiger partial charge in [-0.3, -0.25) is 4.98 Å². The highest BCUT2D eigenvalue weighted by Gasteiger charge is 2.16. The molecule has 2 nitrogen and oxygen atoms in total. The number of hydrogen-bond donors (Lipinski definition) is 1. The van der Waals surface area contributed by atoms with Crippen molar-refractivity contribution in [2.75, 3.05) is 0 Å². The van der Waals surface area contributed by atoms with Crippen molar-refractivity contribution < 1.29 is 4.39 Å². The molecule has 2 aromatic rings. The zero-order valence-corrected chi connectivity index (χ0v) is 13.8. The normalized spacial score (nSPS) is 12.9. The average Bonchev–Trinajstić information content (AvgIpc) is 2.49. The van der Waals surface area contributed by atoms with Gasteiger partial charge in [0.2, 0.25) is 0 Å². The Labute approximate surface area is 132 Å². The molecule has 0 aliphatic rings. The third-order valence-electron chi connectivity index (χ3n) is 3.91. The number of hydrogen-bond acceptors (Lipinski definition) is 2. The van der Waals surface area contributed by atoms with Gasteiger partial charge in [0.1, 0.15) is 5.82 Å². The van der Waals surface area contributed by atoms with Crippen LogP contribution in [0.15, 0.2) is 42.6 Å². The molecule has 118 valence electrons. The van der Waals surface area contributed by atoms with Gasteiger partial charge in [-0.25, -0.2) is 4.39 Å². The summed E-state index contributed by atoms with van der Waals surface area (Å²) in [6.45, 7) is 9.46. The minimum absolute atomic E-state index is 0.116. The molecule has 0 spiro atoms. The third-order valence-corrected chi connectivity index (χ3v) is 3.91. The Hall–Kier alpha value is -1.74. The fraction of sp³-hybridized carbons (Fsp3) is 0.421. The van der Waals surface area contributed by atoms with Gasteiger partial charge >= 0.3 is 0 Å². The summed E-state index contributed by atoms with van der Waals surface area (Å²) < 4.78 is 13.0. The Morgan fingerprint density at radius 3 is 2.18 bits per heavy atom. The van der Waals surface area contributed by atoms with E-state index in [0.717, 1.165) is 12.2 Å². The maximum atomic E-state index is 13.0. The summed E-state index contributed by atoms with van der Waals surface area (Å²) in [6.07, 6.45) is 1.28. The van der Waals surface area contributed by atoms with Gasteiger partial charge < -0.3 is 5.32 Å². The molecular formula is C19H25FN2. The second kappa shape index (κ2) is 7.50. The zero-order valence-electron chi connectivity index (χ0n) is 13.8. The van der Waals surface area contributed by atoms with Gasteiger partial charge in [-0.05, 0) is 35.1 Å². The van der Waals surface area contributed by atoms with Crippen LogP contribution in [-0.4, -0.2) is 4.98 Å². The summed E-state index contributed by atoms with van der Waals surface area (Å²) in [6, 6.07) is 12.0. The number of aromatic nitrogens is 1. The molecule has 0 amide bonds. The first-order chi connectivity index (χ1) is 10.5. The summed E-state index contributed by atoms with van der Waals surface area (Å²) in [5, 5.41) is 3.53. The van der Waals surface area contributed by atoms with Crippen LogP contribution in [0.3, 0.4) is 0 Å². The number of pyridine rings is 1. The third kappa shape index (κ3) is 4.38. The topological polar surface area (TPSA) is 24.9 Å². The maximum absolute atomic E-state index is 13.0. The molecule has 0 saturated heterocycles. The molecule has 1 atom stereocenters. The lowest BCUT2D eigenvalue weighted by atomic mass is 9.99. The Balaban J connectivity index is 2.04. The molecule has 0 saturated carbocycles. The molecule has 2 rings (SSSR count). The van der Waals surface area contributed by atoms with Gasteiger partial charge in [0.05, 0.1) is 17.9 Å². The lowest BCUT2D eigenvalue weighted by Crippen LogP contribution is -2.26. The van der Waals surface area contributed by atoms with Gasteiger partial charge in [-0.1, -0.05) is 52.0 Å². The van der Waals surface area contributed by atoms with Crippen molar-refractivity contribution in [2.24, 2.45) is 5.92 Å². The number of rotatable bonds is 6. The van der Waals surface area contributed by atoms with Gasteiger partial charge in [0.15, 0.2) is 0 Å². The first-order valence-corrected chi connectivity index (χ1v) is 7.91. The second-order valence-electron chi connectivity index (χ2n) is 6.40. The first kappa shape index (κ1) is 16.6. The molecule has 0 fully saturated rings. The molecule has 22 heavy (non-hydrogen) atoms. The Morgan fingerprint density at radius 1 is 1.00 bits per heavy atom. The quantitative estimate of drug-likeness (QED) is 0.826. The summed E-state index contributed by atoms with van der Waals surface area (Å²) in [7, 11) is 0. The van der Waals surface area contributed by atoms with E-state index in [-0.39, 0.29) is 11.9 Å². The molecule has 0 radical (unpaired) electrons. The van der Waals surface area contributed by atoms with Crippen LogP contribution in [-0.2, 0) is 6.54 Å². The van der Waals surface area contributed by atoms with E-state index in [2.05, 4.69) is 62.3 Å². The Morgan fingerprint density at radius 2 is 1.68 bits per heavy atom. The largest absolute Gasteiger partial charge is 0.304 e. The lowest BCUT2D eigenvalue weighted by molar-refractivity contribution is 0.401. The van der Waals surface area contributed by atoms with Crippen molar-refractivity contribution in [3.63, 3.8) is 0 Å². The molecule has 0 unspecified atom stereocenters. The SMILES string of the molecule is CC(C)c1ccc(CN[C@H](c2ccc(F)cn2)C(C)C)cc1. The minimum Gasteiger partial charge on any atom is -0.304 e. The van der Waals surface area contributed by atoms with E-state index >= 15 is 0 Å². The second-order valence-corrected chi connectivity index (χ2v) is 6.40. The van der Waals surface area contributed by atoms with Crippen molar-refractivity contribution in [1.82, 2.24) is 10.3 Å². The van der Waals surface area contributed by atoms with Crippen molar-refractivity contribution >= 4 is 0 Å². The molecule has 1 heterocycles. The van der Waals surface area contributed by atoms with Crippen LogP contribution in [0.5, 0.6) is 0 Å². The van der Waals surface area contributed by atoms with Crippen molar-refractivity contribution in [3.05, 3.63) is 65.2 Å². The van der Waals surface area contributed by atoms with E-state index in [9.17, 15) is 4.39 Å². The van der Waals surface area contributed by atoms with Crippen molar-refractivity contribution in [1.29, 1.82) is 0 Å². The molecule has 0 bridgehead atoms. The van der Waals surface area contributed by atoms with E-state index < -0.39 is 0 Å². The van der Waals surface area contributed by atoms with E-state index in [1.165, 1.54) is 23.4 Å². The minimum atomic E-state index is -0.296. The Kier molecular flexibility index (Phi) is 5.67. The number of nitrogens with one attached hydrogen (secondary N) is 1. The smallest absolute Gasteiger partial charge is 0.141 e. The molecule has 0 aliphatic carbocycles. The summed E-state index contributed by atoms with van der Waals surface area (Å²) in [5.74, 6) is 0.636. The van der Waals surface area contributed by atoms with Crippen LogP contribution in [0.1, 0.15) is 56.5 Å². The maximum Gasteiger partial charge on any atom is 0.141 e. The monoisotopic (exact) mass is 300 g/mol. The predicted octanol–water partition coefficient (Wildman–Crippen LogP) is 4.83. The first-order valence-electron chi connectivity index (χ1n) is 7.91. The highest BCUT2D eigenvalue weighted by Crippen LogP contribution is 2.21. The number of halogens is 1. The van der Waals surface area contributed by atoms with Crippen LogP contribution >= 0.6 is 0 Å². The molecule has 3 heteroatoms. The standard InChI is InChI=1S/C19H25FN2/c1-13(2)16-7-5-15(6-8-16)11-22-19(14(3)4)18-10-9-17(20)12-21-18/h5-10,12-14,19,22H,11H2,1-4H3/t19-/m0/s1. The van der Waals surface area contributed by atoms with E-state index in [1.807, 2.05) is 0 Å². The number of benzene rings is 1. The number of nitrogens with zero attached hydrogens (tertiary/aromatic N) is 1. The zero-order chi connectivity index (χ0) is 16.1. The van der Waals surface area contributed by atoms with Crippen LogP contribution in [0, 0.1) is 11.7 Å². The fourth-order valence-electron chi connectivity index (χ4n) is 2.50. The van der Waals surface area contributed by atoms with E-state index in [4.69, 9.17) is 0 Å². The highest BCUT2D eigenvalue weighted by molar-refractivity contribution is 5.24. The van der Waals surface area contributed by atoms with Crippen LogP contribution in [0.2, 0.25) is 0 Å². The molecule has 1 aromatic heterocycles. The van der Waals surface area contributed by atoms with Crippen molar-refractivity contribution in [2.45, 2.75) is 46.2 Å².